The van der Waals surface area contributed by atoms with Gasteiger partial charge in [-0.1, -0.05) is 18.2 Å². The Morgan fingerprint density at radius 1 is 1.21 bits per heavy atom. The molecule has 0 amide bonds. The maximum Gasteiger partial charge on any atom is 0.352 e. The molecular formula is C15H16N2O2. The van der Waals surface area contributed by atoms with E-state index in [4.69, 9.17) is 0 Å². The second-order valence-corrected chi connectivity index (χ2v) is 5.11. The summed E-state index contributed by atoms with van der Waals surface area (Å²) in [6.45, 7) is 4.22. The van der Waals surface area contributed by atoms with E-state index in [-0.39, 0.29) is 6.04 Å². The molecule has 0 spiro atoms. The first-order valence-electron chi connectivity index (χ1n) is 6.34. The Balaban J connectivity index is 2.55. The first kappa shape index (κ1) is 11.8. The predicted octanol–water partition coefficient (Wildman–Crippen LogP) is 3.41. The van der Waals surface area contributed by atoms with Crippen LogP contribution in [0.5, 0.6) is 0 Å². The highest BCUT2D eigenvalue weighted by molar-refractivity contribution is 6.09. The minimum atomic E-state index is -0.891. The fourth-order valence-electron chi connectivity index (χ4n) is 2.86. The lowest BCUT2D eigenvalue weighted by Crippen LogP contribution is -2.04. The Morgan fingerprint density at radius 3 is 2.53 bits per heavy atom. The Labute approximate surface area is 110 Å². The minimum Gasteiger partial charge on any atom is -0.477 e. The quantitative estimate of drug-likeness (QED) is 0.763. The first-order valence-corrected chi connectivity index (χ1v) is 6.34. The lowest BCUT2D eigenvalue weighted by Gasteiger charge is -2.10. The topological polar surface area (TPSA) is 47.2 Å². The van der Waals surface area contributed by atoms with Crippen LogP contribution >= 0.6 is 0 Å². The molecule has 1 aromatic carbocycles. The maximum atomic E-state index is 11.3. The molecule has 0 bridgehead atoms. The number of para-hydroxylation sites is 1. The van der Waals surface area contributed by atoms with Crippen molar-refractivity contribution in [1.82, 2.24) is 9.13 Å². The molecule has 0 atom stereocenters. The highest BCUT2D eigenvalue weighted by Crippen LogP contribution is 2.33. The van der Waals surface area contributed by atoms with E-state index in [2.05, 4.69) is 24.5 Å². The normalized spacial score (nSPS) is 11.8. The van der Waals surface area contributed by atoms with E-state index in [1.807, 2.05) is 25.2 Å². The number of hydrogen-bond acceptors (Lipinski definition) is 1. The molecule has 3 aromatic rings. The highest BCUT2D eigenvalue weighted by Gasteiger charge is 2.20. The highest BCUT2D eigenvalue weighted by atomic mass is 16.4. The number of carboxylic acids is 1. The number of aromatic nitrogens is 2. The van der Waals surface area contributed by atoms with E-state index in [0.717, 1.165) is 21.9 Å². The number of hydrogen-bond donors (Lipinski definition) is 1. The second kappa shape index (κ2) is 3.88. The van der Waals surface area contributed by atoms with Gasteiger partial charge in [0.1, 0.15) is 5.69 Å². The van der Waals surface area contributed by atoms with Crippen LogP contribution in [0.2, 0.25) is 0 Å². The summed E-state index contributed by atoms with van der Waals surface area (Å²) in [4.78, 5) is 11.3. The second-order valence-electron chi connectivity index (χ2n) is 5.11. The van der Waals surface area contributed by atoms with E-state index in [9.17, 15) is 9.90 Å². The van der Waals surface area contributed by atoms with Crippen LogP contribution in [-0.4, -0.2) is 20.2 Å². The summed E-state index contributed by atoms with van der Waals surface area (Å²) in [7, 11) is 1.81. The third-order valence-electron chi connectivity index (χ3n) is 3.63. The molecule has 1 N–H and O–H groups in total. The fraction of sp³-hybridized carbons (Fsp3) is 0.267. The number of fused-ring (bicyclic) bond motifs is 3. The molecule has 3 rings (SSSR count). The molecule has 0 aliphatic carbocycles. The lowest BCUT2D eigenvalue weighted by atomic mass is 10.2. The number of carboxylic acid groups (broad SMARTS) is 1. The van der Waals surface area contributed by atoms with Gasteiger partial charge in [-0.2, -0.15) is 0 Å². The average molecular weight is 256 g/mol. The van der Waals surface area contributed by atoms with Gasteiger partial charge in [-0.05, 0) is 26.0 Å². The van der Waals surface area contributed by atoms with Crippen LogP contribution in [0, 0.1) is 0 Å². The van der Waals surface area contributed by atoms with Crippen LogP contribution in [0.3, 0.4) is 0 Å². The molecule has 0 saturated heterocycles. The molecule has 19 heavy (non-hydrogen) atoms. The summed E-state index contributed by atoms with van der Waals surface area (Å²) in [5.41, 5.74) is 3.44. The van der Waals surface area contributed by atoms with Crippen LogP contribution in [0.1, 0.15) is 30.4 Å². The van der Waals surface area contributed by atoms with Gasteiger partial charge in [0.2, 0.25) is 0 Å². The van der Waals surface area contributed by atoms with Gasteiger partial charge in [-0.25, -0.2) is 4.79 Å². The minimum absolute atomic E-state index is 0.284. The van der Waals surface area contributed by atoms with E-state index >= 15 is 0 Å². The molecule has 0 aliphatic rings. The summed E-state index contributed by atoms with van der Waals surface area (Å²) in [5, 5.41) is 10.4. The zero-order chi connectivity index (χ0) is 13.7. The van der Waals surface area contributed by atoms with Gasteiger partial charge in [0.05, 0.1) is 16.6 Å². The molecule has 0 fully saturated rings. The molecule has 0 radical (unpaired) electrons. The summed E-state index contributed by atoms with van der Waals surface area (Å²) in [6, 6.07) is 10.2. The van der Waals surface area contributed by atoms with E-state index in [1.54, 1.807) is 10.6 Å². The summed E-state index contributed by atoms with van der Waals surface area (Å²) in [6.07, 6.45) is 0. The largest absolute Gasteiger partial charge is 0.477 e. The van der Waals surface area contributed by atoms with Crippen molar-refractivity contribution in [2.24, 2.45) is 7.05 Å². The Bertz CT molecular complexity index is 793. The summed E-state index contributed by atoms with van der Waals surface area (Å²) >= 11 is 0. The van der Waals surface area contributed by atoms with Crippen molar-refractivity contribution >= 4 is 27.9 Å². The number of aromatic carboxylic acids is 1. The molecule has 2 aromatic heterocycles. The van der Waals surface area contributed by atoms with Gasteiger partial charge >= 0.3 is 5.97 Å². The van der Waals surface area contributed by atoms with Crippen LogP contribution < -0.4 is 0 Å². The average Bonchev–Trinajstić information content (AvgIpc) is 2.84. The molecule has 4 heteroatoms. The van der Waals surface area contributed by atoms with E-state index < -0.39 is 5.97 Å². The van der Waals surface area contributed by atoms with Crippen LogP contribution in [0.4, 0.5) is 0 Å². The number of benzene rings is 1. The van der Waals surface area contributed by atoms with Crippen LogP contribution in [-0.2, 0) is 7.05 Å². The molecule has 0 unspecified atom stereocenters. The Morgan fingerprint density at radius 2 is 1.89 bits per heavy atom. The van der Waals surface area contributed by atoms with Crippen LogP contribution in [0.15, 0.2) is 30.3 Å². The molecule has 0 aliphatic heterocycles. The van der Waals surface area contributed by atoms with Crippen molar-refractivity contribution < 1.29 is 9.90 Å². The number of rotatable bonds is 2. The molecule has 0 saturated carbocycles. The zero-order valence-electron chi connectivity index (χ0n) is 11.2. The van der Waals surface area contributed by atoms with Crippen LogP contribution in [0.25, 0.3) is 21.9 Å². The van der Waals surface area contributed by atoms with E-state index in [1.165, 1.54) is 0 Å². The van der Waals surface area contributed by atoms with Gasteiger partial charge in [0.15, 0.2) is 0 Å². The monoisotopic (exact) mass is 256 g/mol. The zero-order valence-corrected chi connectivity index (χ0v) is 11.2. The summed E-state index contributed by atoms with van der Waals surface area (Å²) < 4.78 is 3.95. The predicted molar refractivity (Wildman–Crippen MR) is 75.8 cm³/mol. The van der Waals surface area contributed by atoms with Gasteiger partial charge in [0.25, 0.3) is 0 Å². The third kappa shape index (κ3) is 1.49. The van der Waals surface area contributed by atoms with Gasteiger partial charge < -0.3 is 14.2 Å². The van der Waals surface area contributed by atoms with Crippen molar-refractivity contribution in [3.05, 3.63) is 36.0 Å². The van der Waals surface area contributed by atoms with Crippen molar-refractivity contribution in [2.45, 2.75) is 19.9 Å². The molecule has 98 valence electrons. The van der Waals surface area contributed by atoms with Crippen molar-refractivity contribution in [3.63, 3.8) is 0 Å². The van der Waals surface area contributed by atoms with Crippen molar-refractivity contribution in [3.8, 4) is 0 Å². The lowest BCUT2D eigenvalue weighted by molar-refractivity contribution is 0.0687. The number of aryl methyl sites for hydroxylation is 1. The van der Waals surface area contributed by atoms with Gasteiger partial charge in [0, 0.05) is 18.5 Å². The fourth-order valence-corrected chi connectivity index (χ4v) is 2.86. The maximum absolute atomic E-state index is 11.3. The number of carbonyl (C=O) groups is 1. The SMILES string of the molecule is CC(C)n1c2ccccc2c2c1cc(C(=O)O)n2C. The molecular weight excluding hydrogens is 240 g/mol. The number of nitrogens with zero attached hydrogens (tertiary/aromatic N) is 2. The van der Waals surface area contributed by atoms with Crippen molar-refractivity contribution in [2.75, 3.05) is 0 Å². The Hall–Kier alpha value is -2.23. The molecule has 2 heterocycles. The van der Waals surface area contributed by atoms with Gasteiger partial charge in [-0.15, -0.1) is 0 Å². The standard InChI is InChI=1S/C15H16N2O2/c1-9(2)17-11-7-5-4-6-10(11)14-12(17)8-13(15(18)19)16(14)3/h4-9H,1-3H3,(H,18,19). The third-order valence-corrected chi connectivity index (χ3v) is 3.63. The van der Waals surface area contributed by atoms with Crippen molar-refractivity contribution in [1.29, 1.82) is 0 Å². The van der Waals surface area contributed by atoms with Gasteiger partial charge in [-0.3, -0.25) is 0 Å². The van der Waals surface area contributed by atoms with E-state index in [0.29, 0.717) is 5.69 Å². The summed E-state index contributed by atoms with van der Waals surface area (Å²) in [5.74, 6) is -0.891. The first-order chi connectivity index (χ1) is 9.02. The Kier molecular flexibility index (Phi) is 2.42. The molecule has 4 nitrogen and oxygen atoms in total. The smallest absolute Gasteiger partial charge is 0.352 e.